The molecule has 4 aromatic rings. The largest absolute Gasteiger partial charge is 0.418 e. The third-order valence-corrected chi connectivity index (χ3v) is 5.36. The summed E-state index contributed by atoms with van der Waals surface area (Å²) in [5.41, 5.74) is 5.14. The van der Waals surface area contributed by atoms with Crippen LogP contribution in [0.3, 0.4) is 0 Å². The molecule has 0 unspecified atom stereocenters. The van der Waals surface area contributed by atoms with Gasteiger partial charge in [-0.3, -0.25) is 15.0 Å². The molecular formula is C22H27N9O2. The standard InChI is InChI=1S/C22H27N9O2/c1-13-18(31-12-17(26-28-31)16-11-24-29(6)14(16)2)8-15(10-23-13)25-21(32)33-20-9-19(22(3,4)5)27-30(20)7/h8-12H,1-7H3,(H,25,32). The molecule has 4 heterocycles. The highest BCUT2D eigenvalue weighted by molar-refractivity contribution is 5.86. The summed E-state index contributed by atoms with van der Waals surface area (Å²) in [6.45, 7) is 9.96. The molecular weight excluding hydrogens is 422 g/mol. The number of nitrogens with zero attached hydrogens (tertiary/aromatic N) is 8. The number of anilines is 1. The number of aryl methyl sites for hydroxylation is 3. The second-order valence-electron chi connectivity index (χ2n) is 8.90. The van der Waals surface area contributed by atoms with Crippen LogP contribution in [0.5, 0.6) is 5.88 Å². The molecule has 0 aliphatic heterocycles. The average Bonchev–Trinajstić information content (AvgIpc) is 3.44. The van der Waals surface area contributed by atoms with Gasteiger partial charge in [0.15, 0.2) is 0 Å². The first-order valence-corrected chi connectivity index (χ1v) is 10.4. The van der Waals surface area contributed by atoms with Crippen molar-refractivity contribution in [3.05, 3.63) is 47.8 Å². The van der Waals surface area contributed by atoms with Crippen LogP contribution in [0.1, 0.15) is 37.9 Å². The summed E-state index contributed by atoms with van der Waals surface area (Å²) in [5, 5.41) is 19.9. The number of carbonyl (C=O) groups is 1. The fourth-order valence-corrected chi connectivity index (χ4v) is 3.23. The quantitative estimate of drug-likeness (QED) is 0.508. The van der Waals surface area contributed by atoms with Crippen molar-refractivity contribution in [3.8, 4) is 22.8 Å². The van der Waals surface area contributed by atoms with E-state index < -0.39 is 6.09 Å². The fraction of sp³-hybridized carbons (Fsp3) is 0.364. The van der Waals surface area contributed by atoms with Gasteiger partial charge in [-0.25, -0.2) is 14.2 Å². The molecule has 33 heavy (non-hydrogen) atoms. The van der Waals surface area contributed by atoms with Crippen molar-refractivity contribution in [3.63, 3.8) is 0 Å². The number of hydrogen-bond donors (Lipinski definition) is 1. The van der Waals surface area contributed by atoms with Crippen LogP contribution < -0.4 is 10.1 Å². The number of pyridine rings is 1. The zero-order valence-corrected chi connectivity index (χ0v) is 19.8. The minimum atomic E-state index is -0.639. The minimum Gasteiger partial charge on any atom is -0.391 e. The van der Waals surface area contributed by atoms with Crippen LogP contribution in [0.2, 0.25) is 0 Å². The molecule has 0 aromatic carbocycles. The maximum Gasteiger partial charge on any atom is 0.418 e. The van der Waals surface area contributed by atoms with Crippen LogP contribution in [0, 0.1) is 13.8 Å². The zero-order chi connectivity index (χ0) is 23.9. The van der Waals surface area contributed by atoms with Crippen LogP contribution in [0.15, 0.2) is 30.7 Å². The maximum absolute atomic E-state index is 12.5. The third-order valence-electron chi connectivity index (χ3n) is 5.36. The van der Waals surface area contributed by atoms with Gasteiger partial charge in [-0.05, 0) is 19.9 Å². The van der Waals surface area contributed by atoms with E-state index >= 15 is 0 Å². The summed E-state index contributed by atoms with van der Waals surface area (Å²) >= 11 is 0. The van der Waals surface area contributed by atoms with Gasteiger partial charge in [-0.15, -0.1) is 5.10 Å². The van der Waals surface area contributed by atoms with Crippen molar-refractivity contribution >= 4 is 11.8 Å². The Morgan fingerprint density at radius 2 is 1.85 bits per heavy atom. The molecule has 0 radical (unpaired) electrons. The van der Waals surface area contributed by atoms with Crippen molar-refractivity contribution in [2.45, 2.75) is 40.0 Å². The molecule has 4 rings (SSSR count). The smallest absolute Gasteiger partial charge is 0.391 e. The van der Waals surface area contributed by atoms with E-state index in [1.165, 1.54) is 4.68 Å². The Morgan fingerprint density at radius 1 is 1.09 bits per heavy atom. The van der Waals surface area contributed by atoms with Gasteiger partial charge in [0.1, 0.15) is 5.69 Å². The van der Waals surface area contributed by atoms with Gasteiger partial charge in [0.2, 0.25) is 5.88 Å². The van der Waals surface area contributed by atoms with Gasteiger partial charge in [-0.2, -0.15) is 10.2 Å². The third kappa shape index (κ3) is 4.47. The lowest BCUT2D eigenvalue weighted by atomic mass is 9.93. The molecule has 0 aliphatic carbocycles. The second kappa shape index (κ2) is 8.15. The van der Waals surface area contributed by atoms with E-state index in [-0.39, 0.29) is 5.41 Å². The zero-order valence-electron chi connectivity index (χ0n) is 19.8. The Kier molecular flexibility index (Phi) is 5.48. The van der Waals surface area contributed by atoms with Gasteiger partial charge >= 0.3 is 6.09 Å². The Hall–Kier alpha value is -4.02. The van der Waals surface area contributed by atoms with Crippen molar-refractivity contribution < 1.29 is 9.53 Å². The molecule has 172 valence electrons. The number of aromatic nitrogens is 8. The number of amides is 1. The monoisotopic (exact) mass is 449 g/mol. The van der Waals surface area contributed by atoms with Crippen LogP contribution >= 0.6 is 0 Å². The molecule has 0 saturated carbocycles. The highest BCUT2D eigenvalue weighted by atomic mass is 16.6. The van der Waals surface area contributed by atoms with E-state index in [4.69, 9.17) is 4.74 Å². The van der Waals surface area contributed by atoms with Crippen molar-refractivity contribution in [1.29, 1.82) is 0 Å². The lowest BCUT2D eigenvalue weighted by Crippen LogP contribution is -2.18. The van der Waals surface area contributed by atoms with E-state index in [1.807, 2.05) is 41.7 Å². The number of ether oxygens (including phenoxy) is 1. The molecule has 0 atom stereocenters. The summed E-state index contributed by atoms with van der Waals surface area (Å²) < 4.78 is 10.4. The molecule has 1 N–H and O–H groups in total. The Morgan fingerprint density at radius 3 is 2.48 bits per heavy atom. The number of carbonyl (C=O) groups excluding carboxylic acids is 1. The van der Waals surface area contributed by atoms with E-state index in [2.05, 4.69) is 30.8 Å². The Bertz CT molecular complexity index is 1320. The molecule has 0 fully saturated rings. The lowest BCUT2D eigenvalue weighted by Gasteiger charge is -2.13. The van der Waals surface area contributed by atoms with E-state index in [1.54, 1.807) is 47.1 Å². The number of nitrogens with one attached hydrogen (secondary N) is 1. The van der Waals surface area contributed by atoms with Gasteiger partial charge in [0.05, 0.1) is 41.4 Å². The highest BCUT2D eigenvalue weighted by Gasteiger charge is 2.21. The van der Waals surface area contributed by atoms with Crippen LogP contribution in [-0.4, -0.2) is 45.6 Å². The summed E-state index contributed by atoms with van der Waals surface area (Å²) in [4.78, 5) is 16.9. The van der Waals surface area contributed by atoms with Crippen LogP contribution in [0.4, 0.5) is 10.5 Å². The average molecular weight is 450 g/mol. The topological polar surface area (TPSA) is 118 Å². The van der Waals surface area contributed by atoms with Gasteiger partial charge in [0, 0.05) is 36.8 Å². The predicted octanol–water partition coefficient (Wildman–Crippen LogP) is 3.32. The van der Waals surface area contributed by atoms with Gasteiger partial charge in [0.25, 0.3) is 0 Å². The van der Waals surface area contributed by atoms with Crippen molar-refractivity contribution in [2.24, 2.45) is 14.1 Å². The van der Waals surface area contributed by atoms with Crippen molar-refractivity contribution in [1.82, 2.24) is 39.5 Å². The maximum atomic E-state index is 12.5. The number of rotatable bonds is 4. The first-order chi connectivity index (χ1) is 15.5. The van der Waals surface area contributed by atoms with E-state index in [9.17, 15) is 4.79 Å². The normalized spacial score (nSPS) is 11.6. The first kappa shape index (κ1) is 22.2. The molecule has 11 heteroatoms. The molecule has 11 nitrogen and oxygen atoms in total. The molecule has 0 saturated heterocycles. The summed E-state index contributed by atoms with van der Waals surface area (Å²) in [6, 6.07) is 3.53. The summed E-state index contributed by atoms with van der Waals surface area (Å²) in [7, 11) is 3.61. The first-order valence-electron chi connectivity index (χ1n) is 10.4. The Balaban J connectivity index is 1.53. The van der Waals surface area contributed by atoms with Crippen LogP contribution in [0.25, 0.3) is 16.9 Å². The van der Waals surface area contributed by atoms with Crippen LogP contribution in [-0.2, 0) is 19.5 Å². The molecule has 0 bridgehead atoms. The molecule has 0 spiro atoms. The predicted molar refractivity (Wildman–Crippen MR) is 122 cm³/mol. The SMILES string of the molecule is Cc1ncc(NC(=O)Oc2cc(C(C)(C)C)nn2C)cc1-n1cc(-c2cnn(C)c2C)nn1. The summed E-state index contributed by atoms with van der Waals surface area (Å²) in [5.74, 6) is 0.352. The Labute approximate surface area is 191 Å². The van der Waals surface area contributed by atoms with Crippen molar-refractivity contribution in [2.75, 3.05) is 5.32 Å². The van der Waals surface area contributed by atoms with E-state index in [0.717, 1.165) is 22.6 Å². The van der Waals surface area contributed by atoms with Gasteiger partial charge < -0.3 is 4.74 Å². The molecule has 0 aliphatic rings. The molecule has 1 amide bonds. The number of hydrogen-bond acceptors (Lipinski definition) is 7. The van der Waals surface area contributed by atoms with Gasteiger partial charge in [-0.1, -0.05) is 26.0 Å². The minimum absolute atomic E-state index is 0.156. The highest BCUT2D eigenvalue weighted by Crippen LogP contribution is 2.25. The second-order valence-corrected chi connectivity index (χ2v) is 8.90. The fourth-order valence-electron chi connectivity index (χ4n) is 3.23. The lowest BCUT2D eigenvalue weighted by molar-refractivity contribution is 0.211. The summed E-state index contributed by atoms with van der Waals surface area (Å²) in [6.07, 6.45) is 4.49. The van der Waals surface area contributed by atoms with E-state index in [0.29, 0.717) is 22.9 Å². The molecule has 4 aromatic heterocycles.